The zero-order valence-electron chi connectivity index (χ0n) is 12.5. The standard InChI is InChI=1S/C15H22N2O3/c1-15(2,3)20-14(18)17-9-5-6-12(17)11-7-8-13(19-4)16-10-11/h7-8,10,12H,5-6,9H2,1-4H3/t12-/m0/s1. The Morgan fingerprint density at radius 3 is 2.70 bits per heavy atom. The van der Waals surface area contributed by atoms with Gasteiger partial charge in [-0.15, -0.1) is 0 Å². The average molecular weight is 278 g/mol. The van der Waals surface area contributed by atoms with Crippen LogP contribution in [0.2, 0.25) is 0 Å². The van der Waals surface area contributed by atoms with Crippen molar-refractivity contribution in [1.29, 1.82) is 0 Å². The average Bonchev–Trinajstić information content (AvgIpc) is 2.86. The molecule has 0 aromatic carbocycles. The molecule has 0 bridgehead atoms. The van der Waals surface area contributed by atoms with Crippen molar-refractivity contribution in [3.63, 3.8) is 0 Å². The van der Waals surface area contributed by atoms with Crippen molar-refractivity contribution in [3.8, 4) is 5.88 Å². The second-order valence-corrected chi connectivity index (χ2v) is 5.97. The summed E-state index contributed by atoms with van der Waals surface area (Å²) in [6.07, 6.45) is 3.44. The van der Waals surface area contributed by atoms with E-state index in [1.54, 1.807) is 18.2 Å². The van der Waals surface area contributed by atoms with Crippen molar-refractivity contribution in [2.75, 3.05) is 13.7 Å². The zero-order valence-corrected chi connectivity index (χ0v) is 12.5. The van der Waals surface area contributed by atoms with Gasteiger partial charge >= 0.3 is 6.09 Å². The van der Waals surface area contributed by atoms with E-state index in [-0.39, 0.29) is 12.1 Å². The summed E-state index contributed by atoms with van der Waals surface area (Å²) in [5.74, 6) is 0.579. The summed E-state index contributed by atoms with van der Waals surface area (Å²) < 4.78 is 10.5. The third-order valence-electron chi connectivity index (χ3n) is 3.23. The fraction of sp³-hybridized carbons (Fsp3) is 0.600. The Bertz CT molecular complexity index is 465. The molecular formula is C15H22N2O3. The van der Waals surface area contributed by atoms with E-state index in [2.05, 4.69) is 4.98 Å². The third kappa shape index (κ3) is 3.40. The Morgan fingerprint density at radius 1 is 1.40 bits per heavy atom. The van der Waals surface area contributed by atoms with Crippen molar-refractivity contribution in [3.05, 3.63) is 23.9 Å². The fourth-order valence-electron chi connectivity index (χ4n) is 2.36. The second kappa shape index (κ2) is 5.69. The summed E-state index contributed by atoms with van der Waals surface area (Å²) in [5.41, 5.74) is 0.553. The van der Waals surface area contributed by atoms with Crippen LogP contribution in [-0.2, 0) is 4.74 Å². The molecule has 0 saturated carbocycles. The maximum Gasteiger partial charge on any atom is 0.410 e. The minimum Gasteiger partial charge on any atom is -0.481 e. The minimum absolute atomic E-state index is 0.0447. The van der Waals surface area contributed by atoms with Crippen LogP contribution in [0.25, 0.3) is 0 Å². The molecule has 0 spiro atoms. The Kier molecular flexibility index (Phi) is 4.16. The zero-order chi connectivity index (χ0) is 14.8. The van der Waals surface area contributed by atoms with Crippen LogP contribution in [0, 0.1) is 0 Å². The van der Waals surface area contributed by atoms with Crippen LogP contribution in [0.1, 0.15) is 45.2 Å². The smallest absolute Gasteiger partial charge is 0.410 e. The van der Waals surface area contributed by atoms with Gasteiger partial charge in [0.05, 0.1) is 13.2 Å². The van der Waals surface area contributed by atoms with E-state index in [0.717, 1.165) is 24.9 Å². The number of aromatic nitrogens is 1. The van der Waals surface area contributed by atoms with E-state index in [0.29, 0.717) is 5.88 Å². The molecule has 1 fully saturated rings. The number of pyridine rings is 1. The third-order valence-corrected chi connectivity index (χ3v) is 3.23. The molecular weight excluding hydrogens is 256 g/mol. The normalized spacial score (nSPS) is 19.0. The van der Waals surface area contributed by atoms with Gasteiger partial charge in [0.2, 0.25) is 5.88 Å². The van der Waals surface area contributed by atoms with Crippen LogP contribution < -0.4 is 4.74 Å². The summed E-state index contributed by atoms with van der Waals surface area (Å²) in [6, 6.07) is 3.82. The molecule has 1 atom stereocenters. The van der Waals surface area contributed by atoms with Crippen molar-refractivity contribution in [2.24, 2.45) is 0 Å². The van der Waals surface area contributed by atoms with Crippen LogP contribution in [-0.4, -0.2) is 35.2 Å². The monoisotopic (exact) mass is 278 g/mol. The number of hydrogen-bond donors (Lipinski definition) is 0. The van der Waals surface area contributed by atoms with E-state index in [9.17, 15) is 4.79 Å². The fourth-order valence-corrected chi connectivity index (χ4v) is 2.36. The summed E-state index contributed by atoms with van der Waals surface area (Å²) in [7, 11) is 1.59. The molecule has 2 rings (SSSR count). The molecule has 5 heteroatoms. The predicted molar refractivity (Wildman–Crippen MR) is 75.7 cm³/mol. The molecule has 2 heterocycles. The minimum atomic E-state index is -0.470. The SMILES string of the molecule is COc1ccc([C@@H]2CCCN2C(=O)OC(C)(C)C)cn1. The van der Waals surface area contributed by atoms with Gasteiger partial charge in [-0.05, 0) is 39.2 Å². The van der Waals surface area contributed by atoms with Crippen LogP contribution in [0.4, 0.5) is 4.79 Å². The number of ether oxygens (including phenoxy) is 2. The molecule has 1 aromatic heterocycles. The number of methoxy groups -OCH3 is 1. The van der Waals surface area contributed by atoms with Gasteiger partial charge in [-0.25, -0.2) is 9.78 Å². The molecule has 110 valence electrons. The molecule has 0 radical (unpaired) electrons. The van der Waals surface area contributed by atoms with Crippen LogP contribution in [0.15, 0.2) is 18.3 Å². The molecule has 1 aromatic rings. The predicted octanol–water partition coefficient (Wildman–Crippen LogP) is 3.16. The van der Waals surface area contributed by atoms with Crippen molar-refractivity contribution in [2.45, 2.75) is 45.3 Å². The first kappa shape index (κ1) is 14.6. The van der Waals surface area contributed by atoms with Gasteiger partial charge in [0, 0.05) is 18.8 Å². The molecule has 0 N–H and O–H groups in total. The highest BCUT2D eigenvalue weighted by Crippen LogP contribution is 2.33. The van der Waals surface area contributed by atoms with Gasteiger partial charge in [-0.1, -0.05) is 6.07 Å². The molecule has 0 unspecified atom stereocenters. The largest absolute Gasteiger partial charge is 0.481 e. The Hall–Kier alpha value is -1.78. The lowest BCUT2D eigenvalue weighted by Gasteiger charge is -2.28. The van der Waals surface area contributed by atoms with Crippen LogP contribution in [0.3, 0.4) is 0 Å². The Morgan fingerprint density at radius 2 is 2.15 bits per heavy atom. The van der Waals surface area contributed by atoms with Crippen LogP contribution in [0.5, 0.6) is 5.88 Å². The first-order valence-corrected chi connectivity index (χ1v) is 6.90. The number of amides is 1. The van der Waals surface area contributed by atoms with Gasteiger partial charge in [0.25, 0.3) is 0 Å². The molecule has 1 amide bonds. The molecule has 0 aliphatic carbocycles. The maximum absolute atomic E-state index is 12.2. The van der Waals surface area contributed by atoms with Gasteiger partial charge in [0.1, 0.15) is 5.60 Å². The Balaban J connectivity index is 2.12. The van der Waals surface area contributed by atoms with Crippen LogP contribution >= 0.6 is 0 Å². The highest BCUT2D eigenvalue weighted by atomic mass is 16.6. The molecule has 1 saturated heterocycles. The van der Waals surface area contributed by atoms with E-state index >= 15 is 0 Å². The first-order chi connectivity index (χ1) is 9.40. The summed E-state index contributed by atoms with van der Waals surface area (Å²) in [6.45, 7) is 6.37. The number of likely N-dealkylation sites (tertiary alicyclic amines) is 1. The summed E-state index contributed by atoms with van der Waals surface area (Å²) >= 11 is 0. The number of carbonyl (C=O) groups excluding carboxylic acids is 1. The molecule has 5 nitrogen and oxygen atoms in total. The van der Waals surface area contributed by atoms with Crippen molar-refractivity contribution >= 4 is 6.09 Å². The first-order valence-electron chi connectivity index (χ1n) is 6.90. The lowest BCUT2D eigenvalue weighted by atomic mass is 10.1. The lowest BCUT2D eigenvalue weighted by molar-refractivity contribution is 0.0224. The van der Waals surface area contributed by atoms with Gasteiger partial charge in [-0.3, -0.25) is 0 Å². The summed E-state index contributed by atoms with van der Waals surface area (Å²) in [5, 5.41) is 0. The quantitative estimate of drug-likeness (QED) is 0.833. The van der Waals surface area contributed by atoms with E-state index in [1.807, 2.05) is 32.9 Å². The topological polar surface area (TPSA) is 51.7 Å². The van der Waals surface area contributed by atoms with E-state index in [1.165, 1.54) is 0 Å². The Labute approximate surface area is 119 Å². The van der Waals surface area contributed by atoms with Gasteiger partial charge in [0.15, 0.2) is 0 Å². The molecule has 20 heavy (non-hydrogen) atoms. The molecule has 1 aliphatic rings. The second-order valence-electron chi connectivity index (χ2n) is 5.97. The maximum atomic E-state index is 12.2. The lowest BCUT2D eigenvalue weighted by Crippen LogP contribution is -2.36. The van der Waals surface area contributed by atoms with Crippen molar-refractivity contribution < 1.29 is 14.3 Å². The highest BCUT2D eigenvalue weighted by Gasteiger charge is 2.33. The number of carbonyl (C=O) groups is 1. The number of nitrogens with zero attached hydrogens (tertiary/aromatic N) is 2. The van der Waals surface area contributed by atoms with Gasteiger partial charge in [-0.2, -0.15) is 0 Å². The van der Waals surface area contributed by atoms with Gasteiger partial charge < -0.3 is 14.4 Å². The van der Waals surface area contributed by atoms with E-state index in [4.69, 9.17) is 9.47 Å². The highest BCUT2D eigenvalue weighted by molar-refractivity contribution is 5.69. The number of hydrogen-bond acceptors (Lipinski definition) is 4. The summed E-state index contributed by atoms with van der Waals surface area (Å²) in [4.78, 5) is 18.2. The van der Waals surface area contributed by atoms with E-state index < -0.39 is 5.60 Å². The molecule has 1 aliphatic heterocycles. The number of rotatable bonds is 2. The van der Waals surface area contributed by atoms with Crippen molar-refractivity contribution in [1.82, 2.24) is 9.88 Å².